The molecule has 0 saturated heterocycles. The Bertz CT molecular complexity index is 971. The zero-order valence-corrected chi connectivity index (χ0v) is 17.4. The zero-order valence-electron chi connectivity index (χ0n) is 16.5. The van der Waals surface area contributed by atoms with E-state index < -0.39 is 15.9 Å². The van der Waals surface area contributed by atoms with Crippen molar-refractivity contribution < 1.29 is 27.5 Å². The zero-order chi connectivity index (χ0) is 21.4. The molecule has 8 nitrogen and oxygen atoms in total. The van der Waals surface area contributed by atoms with E-state index in [0.717, 1.165) is 0 Å². The van der Waals surface area contributed by atoms with Gasteiger partial charge in [0.15, 0.2) is 12.9 Å². The van der Waals surface area contributed by atoms with E-state index in [1.165, 1.54) is 35.7 Å². The summed E-state index contributed by atoms with van der Waals surface area (Å²) in [6.45, 7) is 3.88. The summed E-state index contributed by atoms with van der Waals surface area (Å²) >= 11 is 0. The highest BCUT2D eigenvalue weighted by Crippen LogP contribution is 2.23. The first-order valence-electron chi connectivity index (χ1n) is 9.01. The molecule has 9 heteroatoms. The van der Waals surface area contributed by atoms with Crippen molar-refractivity contribution in [2.45, 2.75) is 18.7 Å². The summed E-state index contributed by atoms with van der Waals surface area (Å²) in [5.41, 5.74) is 0.585. The summed E-state index contributed by atoms with van der Waals surface area (Å²) in [7, 11) is -2.15. The van der Waals surface area contributed by atoms with E-state index in [1.54, 1.807) is 32.0 Å². The molecule has 0 aliphatic rings. The Morgan fingerprint density at radius 2 is 1.86 bits per heavy atom. The lowest BCUT2D eigenvalue weighted by Gasteiger charge is -2.18. The normalized spacial score (nSPS) is 11.2. The third-order valence-electron chi connectivity index (χ3n) is 4.16. The molecule has 156 valence electrons. The van der Waals surface area contributed by atoms with Gasteiger partial charge in [0.1, 0.15) is 11.5 Å². The summed E-state index contributed by atoms with van der Waals surface area (Å²) in [6, 6.07) is 10.7. The van der Waals surface area contributed by atoms with Gasteiger partial charge in [-0.25, -0.2) is 8.42 Å². The monoisotopic (exact) mass is 420 g/mol. The molecule has 1 amide bonds. The van der Waals surface area contributed by atoms with Crippen molar-refractivity contribution in [1.29, 1.82) is 0 Å². The molecule has 0 unspecified atom stereocenters. The molecule has 2 aromatic rings. The highest BCUT2D eigenvalue weighted by atomic mass is 32.2. The number of nitrogens with one attached hydrogen (secondary N) is 1. The first kappa shape index (κ1) is 22.4. The SMILES string of the molecule is CCN(CC)S(=O)(=O)c1cccc(NC(=O)COc2ccc(OC)cc2C=O)c1. The van der Waals surface area contributed by atoms with Crippen LogP contribution in [0.3, 0.4) is 0 Å². The van der Waals surface area contributed by atoms with E-state index in [9.17, 15) is 18.0 Å². The highest BCUT2D eigenvalue weighted by Gasteiger charge is 2.21. The summed E-state index contributed by atoms with van der Waals surface area (Å²) in [4.78, 5) is 23.5. The number of anilines is 1. The van der Waals surface area contributed by atoms with E-state index in [4.69, 9.17) is 9.47 Å². The Kier molecular flexibility index (Phi) is 7.74. The number of sulfonamides is 1. The minimum Gasteiger partial charge on any atom is -0.497 e. The number of methoxy groups -OCH3 is 1. The first-order chi connectivity index (χ1) is 13.8. The number of carbonyl (C=O) groups is 2. The van der Waals surface area contributed by atoms with Crippen LogP contribution >= 0.6 is 0 Å². The smallest absolute Gasteiger partial charge is 0.262 e. The van der Waals surface area contributed by atoms with Crippen molar-refractivity contribution in [2.75, 3.05) is 32.1 Å². The maximum atomic E-state index is 12.6. The maximum absolute atomic E-state index is 12.6. The van der Waals surface area contributed by atoms with E-state index in [1.807, 2.05) is 0 Å². The Morgan fingerprint density at radius 1 is 1.14 bits per heavy atom. The highest BCUT2D eigenvalue weighted by molar-refractivity contribution is 7.89. The lowest BCUT2D eigenvalue weighted by molar-refractivity contribution is -0.118. The number of amides is 1. The number of hydrogen-bond acceptors (Lipinski definition) is 6. The van der Waals surface area contributed by atoms with E-state index in [-0.39, 0.29) is 22.8 Å². The van der Waals surface area contributed by atoms with Crippen LogP contribution in [0.15, 0.2) is 47.4 Å². The number of nitrogens with zero attached hydrogens (tertiary/aromatic N) is 1. The van der Waals surface area contributed by atoms with Gasteiger partial charge in [-0.05, 0) is 36.4 Å². The second-order valence-electron chi connectivity index (χ2n) is 5.98. The van der Waals surface area contributed by atoms with Crippen molar-refractivity contribution in [3.05, 3.63) is 48.0 Å². The quantitative estimate of drug-likeness (QED) is 0.593. The predicted molar refractivity (Wildman–Crippen MR) is 109 cm³/mol. The molecule has 0 saturated carbocycles. The second-order valence-corrected chi connectivity index (χ2v) is 7.91. The van der Waals surface area contributed by atoms with Gasteiger partial charge < -0.3 is 14.8 Å². The lowest BCUT2D eigenvalue weighted by Crippen LogP contribution is -2.30. The Labute approximate surface area is 170 Å². The molecule has 0 spiro atoms. The molecule has 2 rings (SSSR count). The molecule has 0 atom stereocenters. The molecule has 0 bridgehead atoms. The molecule has 0 heterocycles. The topological polar surface area (TPSA) is 102 Å². The summed E-state index contributed by atoms with van der Waals surface area (Å²) in [5, 5.41) is 2.60. The van der Waals surface area contributed by atoms with Crippen LogP contribution in [0, 0.1) is 0 Å². The van der Waals surface area contributed by atoms with Crippen LogP contribution in [0.2, 0.25) is 0 Å². The number of aldehydes is 1. The molecule has 0 aliphatic heterocycles. The number of rotatable bonds is 10. The predicted octanol–water partition coefficient (Wildman–Crippen LogP) is 2.56. The van der Waals surface area contributed by atoms with Crippen LogP contribution in [0.1, 0.15) is 24.2 Å². The van der Waals surface area contributed by atoms with Gasteiger partial charge in [-0.2, -0.15) is 4.31 Å². The van der Waals surface area contributed by atoms with Crippen molar-refractivity contribution in [1.82, 2.24) is 4.31 Å². The number of ether oxygens (including phenoxy) is 2. The van der Waals surface area contributed by atoms with Gasteiger partial charge in [0, 0.05) is 18.8 Å². The molecule has 0 aromatic heterocycles. The fourth-order valence-corrected chi connectivity index (χ4v) is 4.17. The lowest BCUT2D eigenvalue weighted by atomic mass is 10.2. The van der Waals surface area contributed by atoms with Gasteiger partial charge in [-0.15, -0.1) is 0 Å². The third kappa shape index (κ3) is 5.55. The molecule has 0 aliphatic carbocycles. The van der Waals surface area contributed by atoms with E-state index in [2.05, 4.69) is 5.32 Å². The average molecular weight is 420 g/mol. The number of benzene rings is 2. The van der Waals surface area contributed by atoms with Crippen LogP contribution in [0.25, 0.3) is 0 Å². The van der Waals surface area contributed by atoms with Crippen LogP contribution in [-0.4, -0.2) is 51.7 Å². The maximum Gasteiger partial charge on any atom is 0.262 e. The molecule has 0 radical (unpaired) electrons. The average Bonchev–Trinajstić information content (AvgIpc) is 2.73. The minimum atomic E-state index is -3.63. The van der Waals surface area contributed by atoms with Crippen LogP contribution < -0.4 is 14.8 Å². The first-order valence-corrected chi connectivity index (χ1v) is 10.5. The molecule has 1 N–H and O–H groups in total. The number of hydrogen-bond donors (Lipinski definition) is 1. The van der Waals surface area contributed by atoms with E-state index in [0.29, 0.717) is 30.8 Å². The fourth-order valence-electron chi connectivity index (χ4n) is 2.66. The number of carbonyl (C=O) groups excluding carboxylic acids is 2. The Hall–Kier alpha value is -2.91. The Morgan fingerprint density at radius 3 is 2.48 bits per heavy atom. The van der Waals surface area contributed by atoms with Crippen LogP contribution in [-0.2, 0) is 14.8 Å². The molecular formula is C20H24N2O6S. The third-order valence-corrected chi connectivity index (χ3v) is 6.21. The summed E-state index contributed by atoms with van der Waals surface area (Å²) in [5.74, 6) is 0.249. The van der Waals surface area contributed by atoms with Crippen LogP contribution in [0.4, 0.5) is 5.69 Å². The van der Waals surface area contributed by atoms with Gasteiger partial charge in [0.05, 0.1) is 17.6 Å². The molecular weight excluding hydrogens is 396 g/mol. The van der Waals surface area contributed by atoms with E-state index >= 15 is 0 Å². The van der Waals surface area contributed by atoms with Gasteiger partial charge in [-0.3, -0.25) is 9.59 Å². The summed E-state index contributed by atoms with van der Waals surface area (Å²) in [6.07, 6.45) is 0.608. The van der Waals surface area contributed by atoms with Crippen molar-refractivity contribution in [3.63, 3.8) is 0 Å². The molecule has 0 fully saturated rings. The van der Waals surface area contributed by atoms with Gasteiger partial charge in [0.25, 0.3) is 5.91 Å². The fraction of sp³-hybridized carbons (Fsp3) is 0.300. The summed E-state index contributed by atoms with van der Waals surface area (Å²) < 4.78 is 37.0. The van der Waals surface area contributed by atoms with Crippen LogP contribution in [0.5, 0.6) is 11.5 Å². The van der Waals surface area contributed by atoms with Gasteiger partial charge >= 0.3 is 0 Å². The largest absolute Gasteiger partial charge is 0.497 e. The molecule has 2 aromatic carbocycles. The van der Waals surface area contributed by atoms with Crippen molar-refractivity contribution in [3.8, 4) is 11.5 Å². The standard InChI is InChI=1S/C20H24N2O6S/c1-4-22(5-2)29(25,26)18-8-6-7-16(12-18)21-20(24)14-28-19-10-9-17(27-3)11-15(19)13-23/h6-13H,4-5,14H2,1-3H3,(H,21,24). The van der Waals surface area contributed by atoms with Gasteiger partial charge in [-0.1, -0.05) is 19.9 Å². The second kappa shape index (κ2) is 10.0. The van der Waals surface area contributed by atoms with Gasteiger partial charge in [0.2, 0.25) is 10.0 Å². The molecule has 29 heavy (non-hydrogen) atoms. The minimum absolute atomic E-state index is 0.0957. The van der Waals surface area contributed by atoms with Crippen molar-refractivity contribution >= 4 is 27.9 Å². The Balaban J connectivity index is 2.08. The van der Waals surface area contributed by atoms with Crippen molar-refractivity contribution in [2.24, 2.45) is 0 Å².